The van der Waals surface area contributed by atoms with Gasteiger partial charge in [0.05, 0.1) is 23.5 Å². The zero-order valence-corrected chi connectivity index (χ0v) is 16.2. The van der Waals surface area contributed by atoms with E-state index < -0.39 is 53.6 Å². The number of primary amides is 1. The van der Waals surface area contributed by atoms with Gasteiger partial charge in [-0.2, -0.15) is 13.2 Å². The molecule has 0 saturated carbocycles. The molecule has 3 atom stereocenters. The Kier molecular flexibility index (Phi) is 5.72. The molecule has 0 aromatic heterocycles. The Bertz CT molecular complexity index is 728. The number of carbonyl (C=O) groups excluding carboxylic acids is 4. The summed E-state index contributed by atoms with van der Waals surface area (Å²) in [5.74, 6) is -6.22. The average Bonchev–Trinajstić information content (AvgIpc) is 2.82. The molecule has 0 aromatic rings. The molecule has 0 spiro atoms. The standard InChI is InChI=1S/C13H12F3N3O5S.Na/c14-13(15,16)12(24)18-2-1-4-6-7(18)10(21)19(6)8(11(22)23)9(4)25-3-5(17)20;/h4,6-7H,1-3H2,(H2,17,20)(H,22,23);/q;+1/p-1/t4?,6-,7+;/m1./s1. The first-order valence-corrected chi connectivity index (χ1v) is 8.11. The molecule has 0 radical (unpaired) electrons. The molecule has 26 heavy (non-hydrogen) atoms. The molecule has 1 unspecified atom stereocenters. The summed E-state index contributed by atoms with van der Waals surface area (Å²) in [6, 6.07) is -2.26. The fourth-order valence-corrected chi connectivity index (χ4v) is 4.64. The number of hydrogen-bond acceptors (Lipinski definition) is 6. The number of rotatable bonds is 4. The number of carbonyl (C=O) groups is 4. The average molecular weight is 401 g/mol. The molecule has 0 aliphatic carbocycles. The molecule has 3 rings (SSSR count). The minimum atomic E-state index is -5.12. The summed E-state index contributed by atoms with van der Waals surface area (Å²) in [5.41, 5.74) is 4.58. The number of alkyl halides is 3. The molecular weight excluding hydrogens is 390 g/mol. The molecule has 8 nitrogen and oxygen atoms in total. The number of carboxylic acid groups (broad SMARTS) is 1. The molecule has 3 amide bonds. The second-order valence-corrected chi connectivity index (χ2v) is 6.81. The molecule has 136 valence electrons. The van der Waals surface area contributed by atoms with Gasteiger partial charge in [-0.05, 0) is 6.42 Å². The van der Waals surface area contributed by atoms with Crippen LogP contribution in [0.5, 0.6) is 0 Å². The summed E-state index contributed by atoms with van der Waals surface area (Å²) in [6.07, 6.45) is -5.09. The van der Waals surface area contributed by atoms with Gasteiger partial charge < -0.3 is 25.4 Å². The number of thioether (sulfide) groups is 1. The monoisotopic (exact) mass is 401 g/mol. The van der Waals surface area contributed by atoms with Crippen molar-refractivity contribution in [3.8, 4) is 0 Å². The van der Waals surface area contributed by atoms with Crippen molar-refractivity contribution in [1.82, 2.24) is 9.80 Å². The quantitative estimate of drug-likeness (QED) is 0.372. The largest absolute Gasteiger partial charge is 1.00 e. The van der Waals surface area contributed by atoms with Crippen LogP contribution < -0.4 is 40.4 Å². The van der Waals surface area contributed by atoms with Crippen LogP contribution in [-0.4, -0.2) is 64.0 Å². The van der Waals surface area contributed by atoms with E-state index in [1.807, 2.05) is 0 Å². The number of nitrogens with zero attached hydrogens (tertiary/aromatic N) is 2. The fraction of sp³-hybridized carbons (Fsp3) is 0.538. The number of carboxylic acids is 1. The Balaban J connectivity index is 0.00000243. The van der Waals surface area contributed by atoms with Gasteiger partial charge >= 0.3 is 41.6 Å². The Morgan fingerprint density at radius 3 is 2.42 bits per heavy atom. The molecule has 3 aliphatic rings. The van der Waals surface area contributed by atoms with Gasteiger partial charge in [0.15, 0.2) is 0 Å². The summed E-state index contributed by atoms with van der Waals surface area (Å²) in [4.78, 5) is 47.6. The van der Waals surface area contributed by atoms with Gasteiger partial charge in [0.1, 0.15) is 6.04 Å². The van der Waals surface area contributed by atoms with Gasteiger partial charge in [-0.1, -0.05) is 0 Å². The minimum absolute atomic E-state index is 0. The number of aliphatic carboxylic acids is 1. The predicted molar refractivity (Wildman–Crippen MR) is 74.0 cm³/mol. The molecule has 2 N–H and O–H groups in total. The third-order valence-electron chi connectivity index (χ3n) is 4.42. The van der Waals surface area contributed by atoms with Crippen molar-refractivity contribution in [2.75, 3.05) is 12.3 Å². The zero-order valence-electron chi connectivity index (χ0n) is 13.4. The predicted octanol–water partition coefficient (Wildman–Crippen LogP) is -4.83. The van der Waals surface area contributed by atoms with Crippen molar-refractivity contribution in [2.45, 2.75) is 24.7 Å². The Labute approximate surface area is 171 Å². The number of hydrogen-bond donors (Lipinski definition) is 1. The van der Waals surface area contributed by atoms with E-state index >= 15 is 0 Å². The first-order valence-electron chi connectivity index (χ1n) is 7.13. The zero-order chi connectivity index (χ0) is 18.7. The topological polar surface area (TPSA) is 124 Å². The Morgan fingerprint density at radius 1 is 1.31 bits per heavy atom. The van der Waals surface area contributed by atoms with Crippen molar-refractivity contribution < 1.29 is 67.0 Å². The number of piperidine rings is 1. The fourth-order valence-electron chi connectivity index (χ4n) is 3.55. The Hall–Kier alpha value is -1.24. The first-order chi connectivity index (χ1) is 11.6. The summed E-state index contributed by atoms with van der Waals surface area (Å²) >= 11 is 0.827. The van der Waals surface area contributed by atoms with Gasteiger partial charge in [0.2, 0.25) is 5.91 Å². The third-order valence-corrected chi connectivity index (χ3v) is 5.65. The molecule has 13 heteroatoms. The maximum Gasteiger partial charge on any atom is 1.00 e. The Morgan fingerprint density at radius 2 is 1.92 bits per heavy atom. The molecule has 3 heterocycles. The van der Waals surface area contributed by atoms with Crippen molar-refractivity contribution in [3.05, 3.63) is 10.6 Å². The normalized spacial score (nSPS) is 26.9. The van der Waals surface area contributed by atoms with Gasteiger partial charge in [0.25, 0.3) is 5.91 Å². The van der Waals surface area contributed by atoms with E-state index in [0.717, 1.165) is 16.7 Å². The van der Waals surface area contributed by atoms with Gasteiger partial charge in [-0.25, -0.2) is 0 Å². The van der Waals surface area contributed by atoms with Crippen molar-refractivity contribution >= 4 is 35.5 Å². The van der Waals surface area contributed by atoms with Crippen LogP contribution in [0.1, 0.15) is 6.42 Å². The van der Waals surface area contributed by atoms with Crippen molar-refractivity contribution in [2.24, 2.45) is 11.7 Å². The van der Waals surface area contributed by atoms with Crippen LogP contribution in [0.4, 0.5) is 13.2 Å². The van der Waals surface area contributed by atoms with Crippen LogP contribution in [0.2, 0.25) is 0 Å². The van der Waals surface area contributed by atoms with E-state index in [1.165, 1.54) is 0 Å². The maximum absolute atomic E-state index is 12.7. The number of amides is 3. The second kappa shape index (κ2) is 7.06. The van der Waals surface area contributed by atoms with E-state index in [4.69, 9.17) is 5.73 Å². The van der Waals surface area contributed by atoms with Gasteiger partial charge in [-0.15, -0.1) is 11.8 Å². The summed E-state index contributed by atoms with van der Waals surface area (Å²) in [6.45, 7) is -0.343. The summed E-state index contributed by atoms with van der Waals surface area (Å²) in [5, 5.41) is 11.4. The number of nitrogens with two attached hydrogens (primary N) is 1. The van der Waals surface area contributed by atoms with Crippen molar-refractivity contribution in [1.29, 1.82) is 0 Å². The van der Waals surface area contributed by atoms with Crippen molar-refractivity contribution in [3.63, 3.8) is 0 Å². The maximum atomic E-state index is 12.7. The smallest absolute Gasteiger partial charge is 0.543 e. The first kappa shape index (κ1) is 21.1. The summed E-state index contributed by atoms with van der Waals surface area (Å²) in [7, 11) is 0. The molecular formula is C13H11F3N3NaO5S. The molecule has 0 aromatic carbocycles. The minimum Gasteiger partial charge on any atom is -0.543 e. The second-order valence-electron chi connectivity index (χ2n) is 5.79. The molecule has 3 aliphatic heterocycles. The third kappa shape index (κ3) is 3.12. The number of likely N-dealkylation sites (tertiary alicyclic amines) is 1. The van der Waals surface area contributed by atoms with Crippen LogP contribution in [0, 0.1) is 5.92 Å². The van der Waals surface area contributed by atoms with E-state index in [9.17, 15) is 37.5 Å². The molecule has 2 saturated heterocycles. The summed E-state index contributed by atoms with van der Waals surface area (Å²) < 4.78 is 38.1. The van der Waals surface area contributed by atoms with Gasteiger partial charge in [-0.3, -0.25) is 14.4 Å². The van der Waals surface area contributed by atoms with Crippen LogP contribution in [0.15, 0.2) is 10.6 Å². The number of halogens is 3. The van der Waals surface area contributed by atoms with E-state index in [-0.39, 0.29) is 53.2 Å². The van der Waals surface area contributed by atoms with Crippen LogP contribution >= 0.6 is 11.8 Å². The van der Waals surface area contributed by atoms with E-state index in [1.54, 1.807) is 0 Å². The SMILES string of the molecule is NC(=O)CSC1=C(C(=O)[O-])N2C(=O)[C@@H]3[C@H]2C1CCN3C(=O)C(F)(F)F.[Na+]. The van der Waals surface area contributed by atoms with E-state index in [0.29, 0.717) is 4.90 Å². The van der Waals surface area contributed by atoms with Crippen LogP contribution in [-0.2, 0) is 19.2 Å². The van der Waals surface area contributed by atoms with E-state index in [2.05, 4.69) is 0 Å². The van der Waals surface area contributed by atoms with Crippen LogP contribution in [0.25, 0.3) is 0 Å². The van der Waals surface area contributed by atoms with Gasteiger partial charge in [0, 0.05) is 17.4 Å². The molecule has 2 fully saturated rings. The van der Waals surface area contributed by atoms with Crippen LogP contribution in [0.3, 0.4) is 0 Å². The molecule has 0 bridgehead atoms. The number of β-lactam (4-membered cyclic amide) rings is 1.